The molecular weight excluding hydrogens is 214 g/mol. The lowest BCUT2D eigenvalue weighted by atomic mass is 10.3. The van der Waals surface area contributed by atoms with Crippen LogP contribution in [-0.4, -0.2) is 9.55 Å². The molecule has 0 bridgehead atoms. The SMILES string of the molecule is CCCn1cncc1COc1ccccc1N. The minimum Gasteiger partial charge on any atom is -0.485 e. The van der Waals surface area contributed by atoms with Crippen molar-refractivity contribution >= 4 is 5.69 Å². The fraction of sp³-hybridized carbons (Fsp3) is 0.308. The summed E-state index contributed by atoms with van der Waals surface area (Å²) >= 11 is 0. The zero-order chi connectivity index (χ0) is 12.1. The summed E-state index contributed by atoms with van der Waals surface area (Å²) < 4.78 is 7.78. The smallest absolute Gasteiger partial charge is 0.142 e. The predicted molar refractivity (Wildman–Crippen MR) is 67.7 cm³/mol. The molecule has 2 aromatic rings. The Labute approximate surface area is 101 Å². The van der Waals surface area contributed by atoms with Gasteiger partial charge in [-0.15, -0.1) is 0 Å². The molecule has 0 radical (unpaired) electrons. The van der Waals surface area contributed by atoms with Crippen molar-refractivity contribution < 1.29 is 4.74 Å². The number of nitrogen functional groups attached to an aromatic ring is 1. The van der Waals surface area contributed by atoms with Crippen LogP contribution >= 0.6 is 0 Å². The summed E-state index contributed by atoms with van der Waals surface area (Å²) in [5.41, 5.74) is 7.54. The maximum Gasteiger partial charge on any atom is 0.142 e. The number of para-hydroxylation sites is 2. The van der Waals surface area contributed by atoms with Crippen LogP contribution in [0, 0.1) is 0 Å². The first kappa shape index (κ1) is 11.5. The van der Waals surface area contributed by atoms with Crippen molar-refractivity contribution in [2.45, 2.75) is 26.5 Å². The largest absolute Gasteiger partial charge is 0.485 e. The molecule has 1 heterocycles. The highest BCUT2D eigenvalue weighted by molar-refractivity contribution is 5.51. The van der Waals surface area contributed by atoms with Gasteiger partial charge >= 0.3 is 0 Å². The Balaban J connectivity index is 2.02. The van der Waals surface area contributed by atoms with Gasteiger partial charge in [-0.1, -0.05) is 19.1 Å². The van der Waals surface area contributed by atoms with Gasteiger partial charge in [0.05, 0.1) is 23.9 Å². The second-order valence-electron chi connectivity index (χ2n) is 3.90. The second kappa shape index (κ2) is 5.39. The molecule has 4 nitrogen and oxygen atoms in total. The molecule has 17 heavy (non-hydrogen) atoms. The Bertz CT molecular complexity index is 479. The van der Waals surface area contributed by atoms with E-state index in [0.717, 1.165) is 24.4 Å². The number of aryl methyl sites for hydroxylation is 1. The summed E-state index contributed by atoms with van der Waals surface area (Å²) in [6.45, 7) is 3.59. The highest BCUT2D eigenvalue weighted by Crippen LogP contribution is 2.20. The van der Waals surface area contributed by atoms with Crippen LogP contribution in [0.15, 0.2) is 36.8 Å². The van der Waals surface area contributed by atoms with Crippen molar-refractivity contribution in [3.05, 3.63) is 42.5 Å². The monoisotopic (exact) mass is 231 g/mol. The maximum absolute atomic E-state index is 5.81. The molecule has 2 N–H and O–H groups in total. The third-order valence-corrected chi connectivity index (χ3v) is 2.56. The molecule has 0 aliphatic heterocycles. The Morgan fingerprint density at radius 1 is 1.35 bits per heavy atom. The van der Waals surface area contributed by atoms with Gasteiger partial charge in [0.25, 0.3) is 0 Å². The van der Waals surface area contributed by atoms with E-state index in [9.17, 15) is 0 Å². The Morgan fingerprint density at radius 2 is 2.18 bits per heavy atom. The van der Waals surface area contributed by atoms with Gasteiger partial charge in [-0.05, 0) is 18.6 Å². The van der Waals surface area contributed by atoms with E-state index in [1.54, 1.807) is 0 Å². The first-order valence-corrected chi connectivity index (χ1v) is 5.77. The first-order chi connectivity index (χ1) is 8.31. The summed E-state index contributed by atoms with van der Waals surface area (Å²) in [6, 6.07) is 7.51. The third-order valence-electron chi connectivity index (χ3n) is 2.56. The number of ether oxygens (including phenoxy) is 1. The first-order valence-electron chi connectivity index (χ1n) is 5.77. The molecule has 90 valence electrons. The molecule has 1 aromatic heterocycles. The van der Waals surface area contributed by atoms with Crippen LogP contribution in [0.4, 0.5) is 5.69 Å². The highest BCUT2D eigenvalue weighted by atomic mass is 16.5. The molecule has 0 saturated carbocycles. The third kappa shape index (κ3) is 2.78. The molecule has 1 aromatic carbocycles. The van der Waals surface area contributed by atoms with Crippen LogP contribution in [0.3, 0.4) is 0 Å². The van der Waals surface area contributed by atoms with Crippen LogP contribution < -0.4 is 10.5 Å². The van der Waals surface area contributed by atoms with Crippen molar-refractivity contribution in [3.8, 4) is 5.75 Å². The summed E-state index contributed by atoms with van der Waals surface area (Å²) in [7, 11) is 0. The van der Waals surface area contributed by atoms with Crippen molar-refractivity contribution in [3.63, 3.8) is 0 Å². The average Bonchev–Trinajstić information content (AvgIpc) is 2.76. The van der Waals surface area contributed by atoms with Crippen molar-refractivity contribution in [2.75, 3.05) is 5.73 Å². The van der Waals surface area contributed by atoms with Gasteiger partial charge in [-0.25, -0.2) is 4.98 Å². The lowest BCUT2D eigenvalue weighted by molar-refractivity contribution is 0.296. The maximum atomic E-state index is 5.81. The number of nitrogens with two attached hydrogens (primary N) is 1. The molecule has 2 rings (SSSR count). The lowest BCUT2D eigenvalue weighted by Gasteiger charge is -2.10. The number of rotatable bonds is 5. The van der Waals surface area contributed by atoms with E-state index in [-0.39, 0.29) is 0 Å². The minimum atomic E-state index is 0.494. The number of aromatic nitrogens is 2. The summed E-state index contributed by atoms with van der Waals surface area (Å²) in [5, 5.41) is 0. The molecular formula is C13H17N3O. The lowest BCUT2D eigenvalue weighted by Crippen LogP contribution is -2.05. The quantitative estimate of drug-likeness (QED) is 0.804. The van der Waals surface area contributed by atoms with E-state index in [4.69, 9.17) is 10.5 Å². The van der Waals surface area contributed by atoms with Crippen LogP contribution in [-0.2, 0) is 13.2 Å². The Morgan fingerprint density at radius 3 is 2.94 bits per heavy atom. The second-order valence-corrected chi connectivity index (χ2v) is 3.90. The number of imidazole rings is 1. The highest BCUT2D eigenvalue weighted by Gasteiger charge is 2.03. The van der Waals surface area contributed by atoms with Crippen LogP contribution in [0.1, 0.15) is 19.0 Å². The molecule has 0 fully saturated rings. The fourth-order valence-corrected chi connectivity index (χ4v) is 1.67. The average molecular weight is 231 g/mol. The molecule has 0 saturated heterocycles. The van der Waals surface area contributed by atoms with Gasteiger partial charge in [-0.3, -0.25) is 0 Å². The molecule has 4 heteroatoms. The number of hydrogen-bond donors (Lipinski definition) is 1. The van der Waals surface area contributed by atoms with Crippen molar-refractivity contribution in [1.29, 1.82) is 0 Å². The van der Waals surface area contributed by atoms with E-state index in [2.05, 4.69) is 16.5 Å². The standard InChI is InChI=1S/C13H17N3O/c1-2-7-16-10-15-8-11(16)9-17-13-6-4-3-5-12(13)14/h3-6,8,10H,2,7,9,14H2,1H3. The Hall–Kier alpha value is -1.97. The molecule has 0 aliphatic rings. The van der Waals surface area contributed by atoms with Crippen LogP contribution in [0.5, 0.6) is 5.75 Å². The van der Waals surface area contributed by atoms with E-state index < -0.39 is 0 Å². The van der Waals surface area contributed by atoms with Gasteiger partial charge in [-0.2, -0.15) is 0 Å². The zero-order valence-electron chi connectivity index (χ0n) is 9.97. The van der Waals surface area contributed by atoms with Crippen LogP contribution in [0.25, 0.3) is 0 Å². The van der Waals surface area contributed by atoms with Crippen LogP contribution in [0.2, 0.25) is 0 Å². The van der Waals surface area contributed by atoms with E-state index >= 15 is 0 Å². The van der Waals surface area contributed by atoms with E-state index in [1.807, 2.05) is 36.8 Å². The molecule has 0 amide bonds. The predicted octanol–water partition coefficient (Wildman–Crippen LogP) is 2.45. The number of benzene rings is 1. The normalized spacial score (nSPS) is 10.4. The summed E-state index contributed by atoms with van der Waals surface area (Å²) in [5.74, 6) is 0.719. The van der Waals surface area contributed by atoms with Gasteiger partial charge in [0.1, 0.15) is 12.4 Å². The topological polar surface area (TPSA) is 53.1 Å². The molecule has 0 atom stereocenters. The van der Waals surface area contributed by atoms with Gasteiger partial charge in [0.2, 0.25) is 0 Å². The zero-order valence-corrected chi connectivity index (χ0v) is 9.97. The van der Waals surface area contributed by atoms with E-state index in [1.165, 1.54) is 0 Å². The summed E-state index contributed by atoms with van der Waals surface area (Å²) in [4.78, 5) is 4.13. The van der Waals surface area contributed by atoms with Crippen molar-refractivity contribution in [1.82, 2.24) is 9.55 Å². The van der Waals surface area contributed by atoms with Gasteiger partial charge in [0, 0.05) is 6.54 Å². The minimum absolute atomic E-state index is 0.494. The Kier molecular flexibility index (Phi) is 3.65. The van der Waals surface area contributed by atoms with Crippen molar-refractivity contribution in [2.24, 2.45) is 0 Å². The number of anilines is 1. The molecule has 0 unspecified atom stereocenters. The van der Waals surface area contributed by atoms with Gasteiger partial charge in [0.15, 0.2) is 0 Å². The number of hydrogen-bond acceptors (Lipinski definition) is 3. The fourth-order valence-electron chi connectivity index (χ4n) is 1.67. The summed E-state index contributed by atoms with van der Waals surface area (Å²) in [6.07, 6.45) is 4.74. The molecule has 0 spiro atoms. The van der Waals surface area contributed by atoms with E-state index in [0.29, 0.717) is 12.3 Å². The number of nitrogens with zero attached hydrogens (tertiary/aromatic N) is 2. The van der Waals surface area contributed by atoms with Gasteiger partial charge < -0.3 is 15.0 Å². The molecule has 0 aliphatic carbocycles.